The fraction of sp³-hybridized carbons (Fsp3) is 0.667. The molecular weight excluding hydrogens is 472 g/mol. The van der Waals surface area contributed by atoms with E-state index < -0.39 is 29.1 Å². The van der Waals surface area contributed by atoms with Crippen LogP contribution in [0.3, 0.4) is 0 Å². The van der Waals surface area contributed by atoms with Gasteiger partial charge in [-0.15, -0.1) is 0 Å². The second-order valence-corrected chi connectivity index (χ2v) is 12.9. The van der Waals surface area contributed by atoms with Gasteiger partial charge in [-0.05, 0) is 54.4 Å². The molecule has 0 saturated heterocycles. The molecule has 1 aliphatic heterocycles. The lowest BCUT2D eigenvalue weighted by atomic mass is 9.38. The first-order valence-corrected chi connectivity index (χ1v) is 13.4. The summed E-state index contributed by atoms with van der Waals surface area (Å²) in [5.74, 6) is -1.07. The zero-order valence-corrected chi connectivity index (χ0v) is 22.9. The van der Waals surface area contributed by atoms with Crippen molar-refractivity contribution < 1.29 is 33.4 Å². The van der Waals surface area contributed by atoms with Crippen LogP contribution in [-0.4, -0.2) is 36.1 Å². The molecule has 0 amide bonds. The van der Waals surface area contributed by atoms with Crippen LogP contribution in [0.25, 0.3) is 0 Å². The van der Waals surface area contributed by atoms with Crippen LogP contribution in [0.2, 0.25) is 0 Å². The third-order valence-corrected chi connectivity index (χ3v) is 10.7. The second kappa shape index (κ2) is 8.15. The number of rotatable bonds is 3. The Morgan fingerprint density at radius 3 is 2.32 bits per heavy atom. The molecule has 1 unspecified atom stereocenters. The molecule has 0 aromatic carbocycles. The van der Waals surface area contributed by atoms with E-state index in [0.29, 0.717) is 18.4 Å². The van der Waals surface area contributed by atoms with Gasteiger partial charge in [0.1, 0.15) is 6.10 Å². The third kappa shape index (κ3) is 3.52. The Hall–Kier alpha value is -2.70. The minimum atomic E-state index is -1.00. The van der Waals surface area contributed by atoms with Crippen LogP contribution in [-0.2, 0) is 33.4 Å². The van der Waals surface area contributed by atoms with Crippen LogP contribution < -0.4 is 0 Å². The van der Waals surface area contributed by atoms with Crippen LogP contribution in [0.1, 0.15) is 74.1 Å². The second-order valence-electron chi connectivity index (χ2n) is 12.9. The molecule has 0 bridgehead atoms. The summed E-state index contributed by atoms with van der Waals surface area (Å²) in [5.41, 5.74) is 0.353. The maximum absolute atomic E-state index is 13.0. The summed E-state index contributed by atoms with van der Waals surface area (Å²) in [6, 6.07) is 0. The minimum Gasteiger partial charge on any atom is -0.462 e. The highest BCUT2D eigenvalue weighted by Crippen LogP contribution is 2.72. The monoisotopic (exact) mass is 510 g/mol. The Bertz CT molecular complexity index is 1170. The number of cyclic esters (lactones) is 1. The SMILES string of the molecule is CC(=O)O[C@@H]1OC(=O)C=C1[C@@H]1CC=C2[C@]3(C)[C@H](OC(C)=O)CC4C(C)(C)C(=O)C=C[C@]4(C)[C@H]3CC[C@]21C. The Morgan fingerprint density at radius 1 is 1.00 bits per heavy atom. The number of ether oxygens (including phenoxy) is 3. The smallest absolute Gasteiger partial charge is 0.334 e. The molecule has 2 saturated carbocycles. The van der Waals surface area contributed by atoms with Crippen LogP contribution in [0, 0.1) is 39.4 Å². The molecule has 2 fully saturated rings. The highest BCUT2D eigenvalue weighted by molar-refractivity contribution is 5.95. The van der Waals surface area contributed by atoms with Crippen LogP contribution in [0.4, 0.5) is 0 Å². The van der Waals surface area contributed by atoms with Crippen molar-refractivity contribution in [2.75, 3.05) is 0 Å². The average molecular weight is 511 g/mol. The van der Waals surface area contributed by atoms with E-state index in [4.69, 9.17) is 14.2 Å². The zero-order valence-electron chi connectivity index (χ0n) is 22.9. The number of fused-ring (bicyclic) bond motifs is 5. The summed E-state index contributed by atoms with van der Waals surface area (Å²) in [7, 11) is 0. The molecule has 4 aliphatic carbocycles. The van der Waals surface area contributed by atoms with Gasteiger partial charge in [-0.2, -0.15) is 0 Å². The zero-order chi connectivity index (χ0) is 27.1. The number of carbonyl (C=O) groups excluding carboxylic acids is 4. The lowest BCUT2D eigenvalue weighted by Gasteiger charge is -2.66. The Kier molecular flexibility index (Phi) is 5.71. The fourth-order valence-electron chi connectivity index (χ4n) is 9.04. The molecule has 7 nitrogen and oxygen atoms in total. The third-order valence-electron chi connectivity index (χ3n) is 10.7. The first-order chi connectivity index (χ1) is 17.2. The molecule has 0 aromatic rings. The lowest BCUT2D eigenvalue weighted by molar-refractivity contribution is -0.187. The molecule has 0 radical (unpaired) electrons. The molecular formula is C30H38O7. The number of carbonyl (C=O) groups is 4. The van der Waals surface area contributed by atoms with E-state index in [1.165, 1.54) is 25.5 Å². The first kappa shape index (κ1) is 25.9. The van der Waals surface area contributed by atoms with Gasteiger partial charge in [-0.3, -0.25) is 14.4 Å². The van der Waals surface area contributed by atoms with Crippen molar-refractivity contribution in [2.24, 2.45) is 39.4 Å². The van der Waals surface area contributed by atoms with Gasteiger partial charge in [0.25, 0.3) is 6.29 Å². The summed E-state index contributed by atoms with van der Waals surface area (Å²) in [6.07, 6.45) is 9.26. The van der Waals surface area contributed by atoms with Gasteiger partial charge in [-0.1, -0.05) is 52.3 Å². The van der Waals surface area contributed by atoms with Gasteiger partial charge in [-0.25, -0.2) is 4.79 Å². The predicted molar refractivity (Wildman–Crippen MR) is 135 cm³/mol. The normalized spacial score (nSPS) is 43.6. The minimum absolute atomic E-state index is 0.0407. The van der Waals surface area contributed by atoms with E-state index >= 15 is 0 Å². The molecule has 37 heavy (non-hydrogen) atoms. The quantitative estimate of drug-likeness (QED) is 0.396. The predicted octanol–water partition coefficient (Wildman–Crippen LogP) is 4.85. The number of hydrogen-bond donors (Lipinski definition) is 0. The van der Waals surface area contributed by atoms with Gasteiger partial charge in [0, 0.05) is 42.2 Å². The van der Waals surface area contributed by atoms with E-state index in [1.807, 2.05) is 13.8 Å². The fourth-order valence-corrected chi connectivity index (χ4v) is 9.04. The maximum atomic E-state index is 13.0. The van der Waals surface area contributed by atoms with Crippen molar-refractivity contribution in [1.82, 2.24) is 0 Å². The van der Waals surface area contributed by atoms with Crippen molar-refractivity contribution >= 4 is 23.7 Å². The molecule has 5 rings (SSSR count). The van der Waals surface area contributed by atoms with Crippen molar-refractivity contribution in [3.8, 4) is 0 Å². The van der Waals surface area contributed by atoms with E-state index in [2.05, 4.69) is 32.9 Å². The van der Waals surface area contributed by atoms with Crippen molar-refractivity contribution in [2.45, 2.75) is 86.5 Å². The van der Waals surface area contributed by atoms with Crippen molar-refractivity contribution in [1.29, 1.82) is 0 Å². The Morgan fingerprint density at radius 2 is 1.68 bits per heavy atom. The van der Waals surface area contributed by atoms with Crippen molar-refractivity contribution in [3.05, 3.63) is 35.5 Å². The maximum Gasteiger partial charge on any atom is 0.334 e. The van der Waals surface area contributed by atoms with Crippen LogP contribution in [0.15, 0.2) is 35.5 Å². The largest absolute Gasteiger partial charge is 0.462 e. The molecule has 0 aromatic heterocycles. The first-order valence-electron chi connectivity index (χ1n) is 13.4. The number of hydrogen-bond acceptors (Lipinski definition) is 7. The van der Waals surface area contributed by atoms with E-state index in [1.54, 1.807) is 6.08 Å². The molecule has 0 spiro atoms. The van der Waals surface area contributed by atoms with E-state index in [0.717, 1.165) is 12.8 Å². The van der Waals surface area contributed by atoms with Gasteiger partial charge in [0.05, 0.1) is 0 Å². The molecule has 5 aliphatic rings. The average Bonchev–Trinajstić information content (AvgIpc) is 3.31. The van der Waals surface area contributed by atoms with E-state index in [-0.39, 0.29) is 46.4 Å². The summed E-state index contributed by atoms with van der Waals surface area (Å²) in [5, 5.41) is 0. The standard InChI is InChI=1S/C30H38O7/c1-16(31)35-24-15-22-27(3,4)23(33)11-13-29(22,6)21-10-12-28(5)19(8-9-20(28)30(21,24)7)18-14-25(34)37-26(18)36-17(2)32/h9,11,13-14,19,21-22,24,26H,8,10,12,15H2,1-7H3/t19-,21+,22?,24+,26+,28-,29+,30-/m0/s1. The Balaban J connectivity index is 1.59. The summed E-state index contributed by atoms with van der Waals surface area (Å²) < 4.78 is 16.8. The van der Waals surface area contributed by atoms with Gasteiger partial charge in [0.15, 0.2) is 5.78 Å². The molecule has 200 valence electrons. The Labute approximate surface area is 218 Å². The molecule has 1 heterocycles. The summed E-state index contributed by atoms with van der Waals surface area (Å²) in [6.45, 7) is 13.5. The van der Waals surface area contributed by atoms with Crippen LogP contribution >= 0.6 is 0 Å². The van der Waals surface area contributed by atoms with E-state index in [9.17, 15) is 19.2 Å². The van der Waals surface area contributed by atoms with Gasteiger partial charge in [0.2, 0.25) is 0 Å². The van der Waals surface area contributed by atoms with Gasteiger partial charge >= 0.3 is 17.9 Å². The number of allylic oxidation sites excluding steroid dienone is 3. The summed E-state index contributed by atoms with van der Waals surface area (Å²) in [4.78, 5) is 49.3. The summed E-state index contributed by atoms with van der Waals surface area (Å²) >= 11 is 0. The topological polar surface area (TPSA) is 96.0 Å². The highest BCUT2D eigenvalue weighted by Gasteiger charge is 2.68. The molecule has 7 heteroatoms. The molecule has 8 atom stereocenters. The lowest BCUT2D eigenvalue weighted by Crippen LogP contribution is -2.64. The van der Waals surface area contributed by atoms with Crippen LogP contribution in [0.5, 0.6) is 0 Å². The van der Waals surface area contributed by atoms with Crippen molar-refractivity contribution in [3.63, 3.8) is 0 Å². The highest BCUT2D eigenvalue weighted by atomic mass is 16.7. The number of ketones is 1. The number of esters is 3. The molecule has 0 N–H and O–H groups in total. The van der Waals surface area contributed by atoms with Gasteiger partial charge < -0.3 is 14.2 Å².